The van der Waals surface area contributed by atoms with Crippen molar-refractivity contribution in [3.63, 3.8) is 0 Å². The molecule has 0 aliphatic heterocycles. The summed E-state index contributed by atoms with van der Waals surface area (Å²) >= 11 is 6.85. The van der Waals surface area contributed by atoms with Crippen molar-refractivity contribution in [3.05, 3.63) is 45.4 Å². The zero-order valence-electron chi connectivity index (χ0n) is 12.5. The van der Waals surface area contributed by atoms with E-state index in [0.717, 1.165) is 11.5 Å². The molecule has 0 fully saturated rings. The normalized spacial score (nSPS) is 12.2. The highest BCUT2D eigenvalue weighted by atomic mass is 35.5. The van der Waals surface area contributed by atoms with Crippen LogP contribution >= 0.6 is 23.1 Å². The summed E-state index contributed by atoms with van der Waals surface area (Å²) in [6, 6.07) is 6.02. The van der Waals surface area contributed by atoms with Crippen LogP contribution in [0, 0.1) is 12.8 Å². The van der Waals surface area contributed by atoms with Gasteiger partial charge in [-0.15, -0.1) is 5.10 Å². The molecular formula is C15H16ClN3O2S. The zero-order valence-corrected chi connectivity index (χ0v) is 14.0. The van der Waals surface area contributed by atoms with Crippen LogP contribution in [0.15, 0.2) is 24.3 Å². The molecule has 1 unspecified atom stereocenters. The Bertz CT molecular complexity index is 682. The van der Waals surface area contributed by atoms with Gasteiger partial charge in [0.1, 0.15) is 4.88 Å². The Labute approximate surface area is 137 Å². The fourth-order valence-electron chi connectivity index (χ4n) is 1.98. The van der Waals surface area contributed by atoms with Crippen LogP contribution in [-0.2, 0) is 0 Å². The number of nitrogens with zero attached hydrogens (tertiary/aromatic N) is 2. The topological polar surface area (TPSA) is 72.0 Å². The van der Waals surface area contributed by atoms with Gasteiger partial charge in [-0.2, -0.15) is 0 Å². The molecule has 1 N–H and O–H groups in total. The van der Waals surface area contributed by atoms with Gasteiger partial charge in [0.05, 0.1) is 11.7 Å². The van der Waals surface area contributed by atoms with E-state index in [1.165, 1.54) is 0 Å². The van der Waals surface area contributed by atoms with Gasteiger partial charge in [-0.25, -0.2) is 0 Å². The quantitative estimate of drug-likeness (QED) is 0.851. The second-order valence-electron chi connectivity index (χ2n) is 5.25. The molecule has 1 heterocycles. The number of ketones is 1. The molecule has 5 nitrogen and oxygen atoms in total. The SMILES string of the molecule is Cc1nnsc1C(=O)NC(C(=O)c1ccc(Cl)cc1)C(C)C. The van der Waals surface area contributed by atoms with Crippen LogP contribution in [0.3, 0.4) is 0 Å². The molecule has 1 amide bonds. The fourth-order valence-corrected chi connectivity index (χ4v) is 2.66. The predicted octanol–water partition coefficient (Wildman–Crippen LogP) is 3.14. The number of aromatic nitrogens is 2. The van der Waals surface area contributed by atoms with Crippen LogP contribution in [0.5, 0.6) is 0 Å². The van der Waals surface area contributed by atoms with Crippen molar-refractivity contribution in [2.24, 2.45) is 5.92 Å². The molecule has 0 radical (unpaired) electrons. The minimum atomic E-state index is -0.616. The van der Waals surface area contributed by atoms with Gasteiger partial charge in [0.25, 0.3) is 5.91 Å². The van der Waals surface area contributed by atoms with Crippen molar-refractivity contribution in [1.82, 2.24) is 14.9 Å². The number of benzene rings is 1. The van der Waals surface area contributed by atoms with E-state index in [4.69, 9.17) is 11.6 Å². The summed E-state index contributed by atoms with van der Waals surface area (Å²) in [7, 11) is 0. The molecule has 1 atom stereocenters. The third kappa shape index (κ3) is 3.69. The number of hydrogen-bond acceptors (Lipinski definition) is 5. The number of amides is 1. The second-order valence-corrected chi connectivity index (χ2v) is 6.44. The van der Waals surface area contributed by atoms with Crippen LogP contribution in [0.4, 0.5) is 0 Å². The van der Waals surface area contributed by atoms with Crippen molar-refractivity contribution >= 4 is 34.8 Å². The number of carbonyl (C=O) groups excluding carboxylic acids is 2. The molecule has 116 valence electrons. The van der Waals surface area contributed by atoms with Crippen molar-refractivity contribution in [2.45, 2.75) is 26.8 Å². The summed E-state index contributed by atoms with van der Waals surface area (Å²) in [5.41, 5.74) is 1.08. The average molecular weight is 338 g/mol. The highest BCUT2D eigenvalue weighted by molar-refractivity contribution is 7.08. The van der Waals surface area contributed by atoms with Crippen molar-refractivity contribution in [3.8, 4) is 0 Å². The fraction of sp³-hybridized carbons (Fsp3) is 0.333. The lowest BCUT2D eigenvalue weighted by atomic mass is 9.95. The van der Waals surface area contributed by atoms with Gasteiger partial charge in [-0.3, -0.25) is 9.59 Å². The standard InChI is InChI=1S/C15H16ClN3O2S/c1-8(2)12(13(20)10-4-6-11(16)7-5-10)17-15(21)14-9(3)18-19-22-14/h4-8,12H,1-3H3,(H,17,21). The first-order valence-electron chi connectivity index (χ1n) is 6.79. The monoisotopic (exact) mass is 337 g/mol. The molecular weight excluding hydrogens is 322 g/mol. The largest absolute Gasteiger partial charge is 0.341 e. The Kier molecular flexibility index (Phi) is 5.26. The summed E-state index contributed by atoms with van der Waals surface area (Å²) in [5.74, 6) is -0.517. The number of aryl methyl sites for hydroxylation is 1. The van der Waals surface area contributed by atoms with E-state index in [-0.39, 0.29) is 17.6 Å². The predicted molar refractivity (Wildman–Crippen MR) is 86.5 cm³/mol. The maximum atomic E-state index is 12.6. The summed E-state index contributed by atoms with van der Waals surface area (Å²) in [6.45, 7) is 5.48. The minimum absolute atomic E-state index is 0.0479. The Morgan fingerprint density at radius 1 is 1.23 bits per heavy atom. The lowest BCUT2D eigenvalue weighted by molar-refractivity contribution is 0.0833. The van der Waals surface area contributed by atoms with Crippen LogP contribution in [0.25, 0.3) is 0 Å². The maximum Gasteiger partial charge on any atom is 0.265 e. The van der Waals surface area contributed by atoms with E-state index in [0.29, 0.717) is 21.2 Å². The molecule has 0 spiro atoms. The number of nitrogens with one attached hydrogen (secondary N) is 1. The molecule has 2 aromatic rings. The summed E-state index contributed by atoms with van der Waals surface area (Å²) in [5, 5.41) is 7.16. The van der Waals surface area contributed by atoms with E-state index in [1.54, 1.807) is 31.2 Å². The molecule has 0 bridgehead atoms. The van der Waals surface area contributed by atoms with E-state index >= 15 is 0 Å². The van der Waals surface area contributed by atoms with Gasteiger partial charge >= 0.3 is 0 Å². The Hall–Kier alpha value is -1.79. The Morgan fingerprint density at radius 2 is 1.86 bits per heavy atom. The molecule has 0 aliphatic rings. The highest BCUT2D eigenvalue weighted by Gasteiger charge is 2.27. The number of Topliss-reactive ketones (excluding diaryl/α,β-unsaturated/α-hetero) is 1. The molecule has 0 saturated heterocycles. The van der Waals surface area contributed by atoms with E-state index < -0.39 is 6.04 Å². The molecule has 0 saturated carbocycles. The molecule has 1 aromatic carbocycles. The Balaban J connectivity index is 2.20. The summed E-state index contributed by atoms with van der Waals surface area (Å²) in [6.07, 6.45) is 0. The number of hydrogen-bond donors (Lipinski definition) is 1. The van der Waals surface area contributed by atoms with Crippen LogP contribution in [-0.4, -0.2) is 27.3 Å². The first-order valence-corrected chi connectivity index (χ1v) is 7.95. The van der Waals surface area contributed by atoms with Gasteiger partial charge in [-0.1, -0.05) is 29.9 Å². The van der Waals surface area contributed by atoms with Gasteiger partial charge in [-0.05, 0) is 48.6 Å². The van der Waals surface area contributed by atoms with Crippen LogP contribution in [0.2, 0.25) is 5.02 Å². The van der Waals surface area contributed by atoms with Gasteiger partial charge < -0.3 is 5.32 Å². The molecule has 1 aromatic heterocycles. The lowest BCUT2D eigenvalue weighted by Gasteiger charge is -2.21. The van der Waals surface area contributed by atoms with Crippen molar-refractivity contribution in [2.75, 3.05) is 0 Å². The summed E-state index contributed by atoms with van der Waals surface area (Å²) in [4.78, 5) is 25.3. The van der Waals surface area contributed by atoms with Gasteiger partial charge in [0, 0.05) is 10.6 Å². The van der Waals surface area contributed by atoms with Gasteiger partial charge in [0.2, 0.25) is 0 Å². The zero-order chi connectivity index (χ0) is 16.3. The van der Waals surface area contributed by atoms with E-state index in [9.17, 15) is 9.59 Å². The first kappa shape index (κ1) is 16.6. The average Bonchev–Trinajstić information content (AvgIpc) is 2.90. The molecule has 7 heteroatoms. The molecule has 2 rings (SSSR count). The third-order valence-corrected chi connectivity index (χ3v) is 4.30. The van der Waals surface area contributed by atoms with Crippen LogP contribution in [0.1, 0.15) is 39.6 Å². The smallest absolute Gasteiger partial charge is 0.265 e. The molecule has 0 aliphatic carbocycles. The van der Waals surface area contributed by atoms with Crippen molar-refractivity contribution < 1.29 is 9.59 Å². The third-order valence-electron chi connectivity index (χ3n) is 3.22. The highest BCUT2D eigenvalue weighted by Crippen LogP contribution is 2.16. The molecule has 22 heavy (non-hydrogen) atoms. The Morgan fingerprint density at radius 3 is 2.36 bits per heavy atom. The van der Waals surface area contributed by atoms with E-state index in [1.807, 2.05) is 13.8 Å². The number of halogens is 1. The number of rotatable bonds is 5. The second kappa shape index (κ2) is 6.98. The lowest BCUT2D eigenvalue weighted by Crippen LogP contribution is -2.44. The summed E-state index contributed by atoms with van der Waals surface area (Å²) < 4.78 is 3.74. The van der Waals surface area contributed by atoms with Crippen LogP contribution < -0.4 is 5.32 Å². The minimum Gasteiger partial charge on any atom is -0.341 e. The first-order chi connectivity index (χ1) is 10.4. The maximum absolute atomic E-state index is 12.6. The van der Waals surface area contributed by atoms with E-state index in [2.05, 4.69) is 14.9 Å². The van der Waals surface area contributed by atoms with Gasteiger partial charge in [0.15, 0.2) is 5.78 Å². The van der Waals surface area contributed by atoms with Crippen molar-refractivity contribution in [1.29, 1.82) is 0 Å². The number of carbonyl (C=O) groups is 2.